The molecule has 0 aliphatic rings. The summed E-state index contributed by atoms with van der Waals surface area (Å²) in [6.07, 6.45) is 0. The molecule has 8 aromatic carbocycles. The van der Waals surface area contributed by atoms with Gasteiger partial charge in [0.05, 0.1) is 0 Å². The quantitative estimate of drug-likeness (QED) is 0.183. The Labute approximate surface area is 299 Å². The largest absolute Gasteiger partial charge is 0.208 e. The molecule has 0 unspecified atom stereocenters. The first-order valence-electron chi connectivity index (χ1n) is 17.1. The average molecular weight is 668 g/mol. The van der Waals surface area contributed by atoms with Crippen LogP contribution in [0.4, 0.5) is 0 Å². The second kappa shape index (κ2) is 12.1. The molecule has 0 amide bonds. The Hall–Kier alpha value is -6.49. The lowest BCUT2D eigenvalue weighted by atomic mass is 9.95. The van der Waals surface area contributed by atoms with Gasteiger partial charge in [-0.05, 0) is 62.0 Å². The smallest absolute Gasteiger partial charge is 0.164 e. The number of rotatable bonds is 5. The first kappa shape index (κ1) is 29.4. The summed E-state index contributed by atoms with van der Waals surface area (Å²) in [5.41, 5.74) is 7.65. The molecule has 10 aromatic rings. The molecule has 0 N–H and O–H groups in total. The zero-order chi connectivity index (χ0) is 33.7. The number of aromatic nitrogens is 3. The van der Waals surface area contributed by atoms with E-state index in [0.29, 0.717) is 17.5 Å². The topological polar surface area (TPSA) is 38.7 Å². The van der Waals surface area contributed by atoms with Crippen molar-refractivity contribution in [2.45, 2.75) is 0 Å². The zero-order valence-corrected chi connectivity index (χ0v) is 28.3. The van der Waals surface area contributed by atoms with Gasteiger partial charge >= 0.3 is 0 Å². The molecular weight excluding hydrogens is 639 g/mol. The number of hydrogen-bond donors (Lipinski definition) is 0. The van der Waals surface area contributed by atoms with Crippen LogP contribution in [0.25, 0.3) is 98.1 Å². The Morgan fingerprint density at radius 3 is 1.71 bits per heavy atom. The maximum Gasteiger partial charge on any atom is 0.164 e. The van der Waals surface area contributed by atoms with E-state index in [2.05, 4.69) is 170 Å². The maximum absolute atomic E-state index is 5.18. The summed E-state index contributed by atoms with van der Waals surface area (Å²) >= 11 is 1.83. The second-order valence-electron chi connectivity index (χ2n) is 12.8. The standard InChI is InChI=1S/C47H29N3S/c1-3-13-30(14-4-1)33-19-11-20-34(27-33)45-48-46(50-47(49-45)39-24-12-18-31-17-7-8-21-36(31)39)35-25-26-40-42(28-35)51-43-29-41(32-15-5-2-6-16-32)37-22-9-10-23-38(37)44(40)43/h1-29H. The minimum atomic E-state index is 0.649. The number of fused-ring (bicyclic) bond motifs is 6. The van der Waals surface area contributed by atoms with Crippen molar-refractivity contribution >= 4 is 53.1 Å². The fourth-order valence-corrected chi connectivity index (χ4v) is 8.48. The van der Waals surface area contributed by atoms with Gasteiger partial charge in [-0.3, -0.25) is 0 Å². The fourth-order valence-electron chi connectivity index (χ4n) is 7.28. The molecule has 0 atom stereocenters. The van der Waals surface area contributed by atoms with Gasteiger partial charge in [0.15, 0.2) is 17.5 Å². The van der Waals surface area contributed by atoms with E-state index in [1.54, 1.807) is 0 Å². The van der Waals surface area contributed by atoms with E-state index in [9.17, 15) is 0 Å². The number of nitrogens with zero attached hydrogens (tertiary/aromatic N) is 3. The van der Waals surface area contributed by atoms with Gasteiger partial charge in [-0.15, -0.1) is 11.3 Å². The van der Waals surface area contributed by atoms with Crippen molar-refractivity contribution in [3.63, 3.8) is 0 Å². The van der Waals surface area contributed by atoms with Crippen LogP contribution in [-0.4, -0.2) is 15.0 Å². The second-order valence-corrected chi connectivity index (χ2v) is 13.9. The molecule has 0 aliphatic carbocycles. The predicted octanol–water partition coefficient (Wildman–Crippen LogP) is 12.9. The summed E-state index contributed by atoms with van der Waals surface area (Å²) < 4.78 is 2.47. The predicted molar refractivity (Wildman–Crippen MR) is 215 cm³/mol. The maximum atomic E-state index is 5.18. The van der Waals surface area contributed by atoms with Gasteiger partial charge in [0, 0.05) is 36.9 Å². The zero-order valence-electron chi connectivity index (χ0n) is 27.5. The average Bonchev–Trinajstić information content (AvgIpc) is 3.59. The molecule has 51 heavy (non-hydrogen) atoms. The van der Waals surface area contributed by atoms with E-state index in [-0.39, 0.29) is 0 Å². The summed E-state index contributed by atoms with van der Waals surface area (Å²) in [6, 6.07) is 62.1. The summed E-state index contributed by atoms with van der Waals surface area (Å²) in [7, 11) is 0. The summed E-state index contributed by atoms with van der Waals surface area (Å²) in [6.45, 7) is 0. The Morgan fingerprint density at radius 2 is 0.902 bits per heavy atom. The van der Waals surface area contributed by atoms with Crippen molar-refractivity contribution in [3.05, 3.63) is 176 Å². The Morgan fingerprint density at radius 1 is 0.314 bits per heavy atom. The molecule has 3 nitrogen and oxygen atoms in total. The van der Waals surface area contributed by atoms with E-state index >= 15 is 0 Å². The van der Waals surface area contributed by atoms with Gasteiger partial charge < -0.3 is 0 Å². The van der Waals surface area contributed by atoms with Crippen LogP contribution in [0.15, 0.2) is 176 Å². The van der Waals surface area contributed by atoms with Gasteiger partial charge in [-0.25, -0.2) is 15.0 Å². The van der Waals surface area contributed by atoms with Crippen molar-refractivity contribution in [1.82, 2.24) is 15.0 Å². The summed E-state index contributed by atoms with van der Waals surface area (Å²) in [5, 5.41) is 7.34. The molecule has 4 heteroatoms. The number of benzene rings is 8. The van der Waals surface area contributed by atoms with Crippen LogP contribution in [0.5, 0.6) is 0 Å². The Kier molecular flexibility index (Phi) is 7.00. The van der Waals surface area contributed by atoms with Crippen LogP contribution >= 0.6 is 11.3 Å². The van der Waals surface area contributed by atoms with Gasteiger partial charge in [0.2, 0.25) is 0 Å². The highest BCUT2D eigenvalue weighted by atomic mass is 32.1. The lowest BCUT2D eigenvalue weighted by molar-refractivity contribution is 1.08. The highest BCUT2D eigenvalue weighted by Gasteiger charge is 2.18. The normalized spacial score (nSPS) is 11.5. The van der Waals surface area contributed by atoms with Crippen molar-refractivity contribution < 1.29 is 0 Å². The molecule has 2 heterocycles. The van der Waals surface area contributed by atoms with Gasteiger partial charge in [-0.1, -0.05) is 158 Å². The first-order chi connectivity index (χ1) is 25.3. The lowest BCUT2D eigenvalue weighted by Crippen LogP contribution is -2.00. The van der Waals surface area contributed by atoms with Crippen LogP contribution in [0.3, 0.4) is 0 Å². The third-order valence-corrected chi connectivity index (χ3v) is 10.8. The molecule has 0 bridgehead atoms. The monoisotopic (exact) mass is 667 g/mol. The third kappa shape index (κ3) is 5.16. The van der Waals surface area contributed by atoms with E-state index < -0.39 is 0 Å². The number of thiophene rings is 1. The lowest BCUT2D eigenvalue weighted by Gasteiger charge is -2.11. The molecule has 0 saturated carbocycles. The van der Waals surface area contributed by atoms with Crippen molar-refractivity contribution in [2.75, 3.05) is 0 Å². The molecule has 0 saturated heterocycles. The van der Waals surface area contributed by atoms with Gasteiger partial charge in [-0.2, -0.15) is 0 Å². The van der Waals surface area contributed by atoms with Crippen molar-refractivity contribution in [2.24, 2.45) is 0 Å². The van der Waals surface area contributed by atoms with E-state index in [1.807, 2.05) is 17.4 Å². The Balaban J connectivity index is 1.18. The molecule has 238 valence electrons. The first-order valence-corrected chi connectivity index (χ1v) is 17.9. The van der Waals surface area contributed by atoms with E-state index in [4.69, 9.17) is 15.0 Å². The fraction of sp³-hybridized carbons (Fsp3) is 0. The van der Waals surface area contributed by atoms with Crippen LogP contribution in [-0.2, 0) is 0 Å². The van der Waals surface area contributed by atoms with Crippen LogP contribution in [0.1, 0.15) is 0 Å². The number of hydrogen-bond acceptors (Lipinski definition) is 4. The van der Waals surface area contributed by atoms with E-state index in [0.717, 1.165) is 38.6 Å². The minimum Gasteiger partial charge on any atom is -0.208 e. The van der Waals surface area contributed by atoms with Crippen molar-refractivity contribution in [3.8, 4) is 56.4 Å². The SMILES string of the molecule is c1ccc(-c2cccc(-c3nc(-c4ccc5c(c4)sc4cc(-c6ccccc6)c6ccccc6c45)nc(-c4cccc5ccccc45)n3)c2)cc1. The molecule has 0 spiro atoms. The highest BCUT2D eigenvalue weighted by molar-refractivity contribution is 7.26. The molecule has 0 aliphatic heterocycles. The molecule has 2 aromatic heterocycles. The molecule has 0 radical (unpaired) electrons. The van der Waals surface area contributed by atoms with Gasteiger partial charge in [0.1, 0.15) is 0 Å². The highest BCUT2D eigenvalue weighted by Crippen LogP contribution is 2.43. The summed E-state index contributed by atoms with van der Waals surface area (Å²) in [4.78, 5) is 15.5. The van der Waals surface area contributed by atoms with E-state index in [1.165, 1.54) is 42.1 Å². The van der Waals surface area contributed by atoms with Crippen LogP contribution < -0.4 is 0 Å². The van der Waals surface area contributed by atoms with Crippen molar-refractivity contribution in [1.29, 1.82) is 0 Å². The molecule has 0 fully saturated rings. The molecular formula is C47H29N3S. The summed E-state index contributed by atoms with van der Waals surface area (Å²) in [5.74, 6) is 1.96. The van der Waals surface area contributed by atoms with Crippen LogP contribution in [0, 0.1) is 0 Å². The molecule has 10 rings (SSSR count). The minimum absolute atomic E-state index is 0.649. The van der Waals surface area contributed by atoms with Crippen LogP contribution in [0.2, 0.25) is 0 Å². The third-order valence-electron chi connectivity index (χ3n) is 9.72. The van der Waals surface area contributed by atoms with Gasteiger partial charge in [0.25, 0.3) is 0 Å². The Bertz CT molecular complexity index is 2910.